The number of aromatic nitrogens is 1. The molecule has 1 aromatic heterocycles. The molecule has 0 aliphatic rings. The first-order chi connectivity index (χ1) is 7.81. The van der Waals surface area contributed by atoms with Crippen molar-refractivity contribution in [2.75, 3.05) is 12.8 Å². The highest BCUT2D eigenvalue weighted by Crippen LogP contribution is 2.23. The van der Waals surface area contributed by atoms with Crippen LogP contribution in [0.25, 0.3) is 0 Å². The van der Waals surface area contributed by atoms with Crippen LogP contribution in [0.5, 0.6) is 5.88 Å². The molecule has 1 heterocycles. The second-order valence-electron chi connectivity index (χ2n) is 3.56. The standard InChI is InChI=1S/C13H14N2O/c1-16-13-12(14)11(7-8-15-13)9-10-5-3-2-4-6-10/h2-8H,9,14H2,1H3. The van der Waals surface area contributed by atoms with Gasteiger partial charge in [0.1, 0.15) is 0 Å². The maximum Gasteiger partial charge on any atom is 0.237 e. The fourth-order valence-electron chi connectivity index (χ4n) is 1.62. The number of anilines is 1. The Morgan fingerprint density at radius 1 is 1.19 bits per heavy atom. The number of pyridine rings is 1. The van der Waals surface area contributed by atoms with Crippen molar-refractivity contribution in [3.05, 3.63) is 53.7 Å². The van der Waals surface area contributed by atoms with E-state index in [1.54, 1.807) is 13.3 Å². The van der Waals surface area contributed by atoms with E-state index >= 15 is 0 Å². The summed E-state index contributed by atoms with van der Waals surface area (Å²) in [7, 11) is 1.57. The Bertz CT molecular complexity index is 469. The maximum atomic E-state index is 5.95. The lowest BCUT2D eigenvalue weighted by atomic mass is 10.0. The lowest BCUT2D eigenvalue weighted by Gasteiger charge is -2.08. The zero-order valence-corrected chi connectivity index (χ0v) is 9.18. The van der Waals surface area contributed by atoms with Gasteiger partial charge in [-0.3, -0.25) is 0 Å². The first-order valence-electron chi connectivity index (χ1n) is 5.12. The van der Waals surface area contributed by atoms with Crippen LogP contribution in [0.15, 0.2) is 42.6 Å². The Morgan fingerprint density at radius 2 is 1.94 bits per heavy atom. The van der Waals surface area contributed by atoms with Gasteiger partial charge in [-0.25, -0.2) is 4.98 Å². The van der Waals surface area contributed by atoms with Gasteiger partial charge >= 0.3 is 0 Å². The summed E-state index contributed by atoms with van der Waals surface area (Å²) in [5, 5.41) is 0. The van der Waals surface area contributed by atoms with Crippen molar-refractivity contribution in [1.82, 2.24) is 4.98 Å². The monoisotopic (exact) mass is 214 g/mol. The fraction of sp³-hybridized carbons (Fsp3) is 0.154. The largest absolute Gasteiger partial charge is 0.480 e. The SMILES string of the molecule is COc1nccc(Cc2ccccc2)c1N. The minimum Gasteiger partial charge on any atom is -0.480 e. The van der Waals surface area contributed by atoms with Crippen molar-refractivity contribution < 1.29 is 4.74 Å². The van der Waals surface area contributed by atoms with Gasteiger partial charge in [-0.05, 0) is 23.6 Å². The first-order valence-corrected chi connectivity index (χ1v) is 5.12. The number of methoxy groups -OCH3 is 1. The van der Waals surface area contributed by atoms with E-state index in [1.807, 2.05) is 24.3 Å². The highest BCUT2D eigenvalue weighted by Gasteiger charge is 2.06. The molecule has 0 aliphatic carbocycles. The Morgan fingerprint density at radius 3 is 2.62 bits per heavy atom. The van der Waals surface area contributed by atoms with Gasteiger partial charge < -0.3 is 10.5 Å². The molecule has 0 radical (unpaired) electrons. The number of nitrogens with zero attached hydrogens (tertiary/aromatic N) is 1. The molecule has 0 bridgehead atoms. The quantitative estimate of drug-likeness (QED) is 0.852. The van der Waals surface area contributed by atoms with Crippen molar-refractivity contribution in [3.8, 4) is 5.88 Å². The van der Waals surface area contributed by atoms with E-state index in [1.165, 1.54) is 5.56 Å². The number of nitrogen functional groups attached to an aromatic ring is 1. The second kappa shape index (κ2) is 4.66. The smallest absolute Gasteiger partial charge is 0.237 e. The lowest BCUT2D eigenvalue weighted by molar-refractivity contribution is 0.400. The second-order valence-corrected chi connectivity index (χ2v) is 3.56. The third-order valence-corrected chi connectivity index (χ3v) is 2.47. The molecule has 1 aromatic carbocycles. The molecule has 2 aromatic rings. The van der Waals surface area contributed by atoms with E-state index in [0.717, 1.165) is 12.0 Å². The normalized spacial score (nSPS) is 10.1. The van der Waals surface area contributed by atoms with Gasteiger partial charge in [0.05, 0.1) is 12.8 Å². The molecule has 3 nitrogen and oxygen atoms in total. The summed E-state index contributed by atoms with van der Waals surface area (Å²) in [6, 6.07) is 12.1. The van der Waals surface area contributed by atoms with Gasteiger partial charge in [0.2, 0.25) is 5.88 Å². The molecule has 16 heavy (non-hydrogen) atoms. The Kier molecular flexibility index (Phi) is 3.05. The van der Waals surface area contributed by atoms with Crippen molar-refractivity contribution in [1.29, 1.82) is 0 Å². The van der Waals surface area contributed by atoms with Crippen molar-refractivity contribution in [3.63, 3.8) is 0 Å². The predicted molar refractivity (Wildman–Crippen MR) is 64.4 cm³/mol. The third kappa shape index (κ3) is 2.14. The van der Waals surface area contributed by atoms with Gasteiger partial charge in [-0.2, -0.15) is 0 Å². The summed E-state index contributed by atoms with van der Waals surface area (Å²) < 4.78 is 5.09. The average molecular weight is 214 g/mol. The van der Waals surface area contributed by atoms with Crippen LogP contribution in [0.1, 0.15) is 11.1 Å². The highest BCUT2D eigenvalue weighted by atomic mass is 16.5. The minimum atomic E-state index is 0.494. The van der Waals surface area contributed by atoms with Crippen molar-refractivity contribution >= 4 is 5.69 Å². The molecule has 2 N–H and O–H groups in total. The minimum absolute atomic E-state index is 0.494. The molecule has 0 saturated heterocycles. The van der Waals surface area contributed by atoms with Crippen LogP contribution in [0.3, 0.4) is 0 Å². The molecule has 82 valence electrons. The van der Waals surface area contributed by atoms with Crippen LogP contribution in [0.4, 0.5) is 5.69 Å². The number of hydrogen-bond donors (Lipinski definition) is 1. The predicted octanol–water partition coefficient (Wildman–Crippen LogP) is 2.26. The molecule has 0 aliphatic heterocycles. The molecule has 0 fully saturated rings. The number of rotatable bonds is 3. The molecule has 0 atom stereocenters. The first kappa shape index (κ1) is 10.5. The van der Waals surface area contributed by atoms with Crippen LogP contribution in [-0.4, -0.2) is 12.1 Å². The van der Waals surface area contributed by atoms with E-state index in [9.17, 15) is 0 Å². The Balaban J connectivity index is 2.28. The molecular formula is C13H14N2O. The van der Waals surface area contributed by atoms with Gasteiger partial charge in [0.25, 0.3) is 0 Å². The topological polar surface area (TPSA) is 48.1 Å². The molecule has 2 rings (SSSR count). The molecule has 0 amide bonds. The summed E-state index contributed by atoms with van der Waals surface area (Å²) in [5.74, 6) is 0.494. The fourth-order valence-corrected chi connectivity index (χ4v) is 1.62. The van der Waals surface area contributed by atoms with Crippen LogP contribution in [0, 0.1) is 0 Å². The Hall–Kier alpha value is -2.03. The number of hydrogen-bond acceptors (Lipinski definition) is 3. The molecular weight excluding hydrogens is 200 g/mol. The van der Waals surface area contributed by atoms with Crippen molar-refractivity contribution in [2.24, 2.45) is 0 Å². The molecule has 0 unspecified atom stereocenters. The lowest BCUT2D eigenvalue weighted by Crippen LogP contribution is -2.00. The van der Waals surface area contributed by atoms with E-state index in [-0.39, 0.29) is 0 Å². The van der Waals surface area contributed by atoms with Gasteiger partial charge in [-0.1, -0.05) is 30.3 Å². The number of nitrogens with two attached hydrogens (primary N) is 1. The zero-order valence-electron chi connectivity index (χ0n) is 9.18. The summed E-state index contributed by atoms with van der Waals surface area (Å²) in [4.78, 5) is 4.05. The molecule has 3 heteroatoms. The maximum absolute atomic E-state index is 5.95. The van der Waals surface area contributed by atoms with Crippen LogP contribution >= 0.6 is 0 Å². The van der Waals surface area contributed by atoms with Gasteiger partial charge in [0, 0.05) is 6.20 Å². The number of ether oxygens (including phenoxy) is 1. The summed E-state index contributed by atoms with van der Waals surface area (Å²) >= 11 is 0. The van der Waals surface area contributed by atoms with Crippen LogP contribution < -0.4 is 10.5 Å². The summed E-state index contributed by atoms with van der Waals surface area (Å²) in [6.45, 7) is 0. The van der Waals surface area contributed by atoms with E-state index in [0.29, 0.717) is 11.6 Å². The van der Waals surface area contributed by atoms with Crippen molar-refractivity contribution in [2.45, 2.75) is 6.42 Å². The van der Waals surface area contributed by atoms with E-state index in [4.69, 9.17) is 10.5 Å². The van der Waals surface area contributed by atoms with Gasteiger partial charge in [0.15, 0.2) is 0 Å². The summed E-state index contributed by atoms with van der Waals surface area (Å²) in [6.07, 6.45) is 2.51. The Labute approximate surface area is 94.9 Å². The summed E-state index contributed by atoms with van der Waals surface area (Å²) in [5.41, 5.74) is 8.84. The third-order valence-electron chi connectivity index (χ3n) is 2.47. The zero-order chi connectivity index (χ0) is 11.4. The van der Waals surface area contributed by atoms with Crippen LogP contribution in [-0.2, 0) is 6.42 Å². The van der Waals surface area contributed by atoms with Gasteiger partial charge in [-0.15, -0.1) is 0 Å². The molecule has 0 saturated carbocycles. The van der Waals surface area contributed by atoms with Crippen LogP contribution in [0.2, 0.25) is 0 Å². The molecule has 0 spiro atoms. The number of benzene rings is 1. The highest BCUT2D eigenvalue weighted by molar-refractivity contribution is 5.55. The van der Waals surface area contributed by atoms with E-state index < -0.39 is 0 Å². The van der Waals surface area contributed by atoms with E-state index in [2.05, 4.69) is 17.1 Å². The average Bonchev–Trinajstić information content (AvgIpc) is 2.33.